The van der Waals surface area contributed by atoms with Crippen LogP contribution < -0.4 is 0 Å². The van der Waals surface area contributed by atoms with Gasteiger partial charge in [-0.15, -0.1) is 0 Å². The second-order valence-corrected chi connectivity index (χ2v) is 6.31. The molecule has 0 radical (unpaired) electrons. The van der Waals surface area contributed by atoms with Gasteiger partial charge in [-0.2, -0.15) is 0 Å². The smallest absolute Gasteiger partial charge is 0.115 e. The van der Waals surface area contributed by atoms with E-state index in [0.29, 0.717) is 12.0 Å². The van der Waals surface area contributed by atoms with Crippen molar-refractivity contribution < 1.29 is 4.39 Å². The van der Waals surface area contributed by atoms with Crippen molar-refractivity contribution in [3.8, 4) is 0 Å². The van der Waals surface area contributed by atoms with Crippen molar-refractivity contribution >= 4 is 0 Å². The molecular formula is C12H22FN. The highest BCUT2D eigenvalue weighted by Gasteiger charge is 2.49. The molecule has 2 saturated heterocycles. The van der Waals surface area contributed by atoms with Crippen LogP contribution >= 0.6 is 0 Å². The number of halogens is 1. The Kier molecular flexibility index (Phi) is 2.37. The third-order valence-corrected chi connectivity index (χ3v) is 3.62. The first-order valence-corrected chi connectivity index (χ1v) is 5.80. The molecule has 0 spiro atoms. The zero-order valence-electron chi connectivity index (χ0n) is 9.65. The molecule has 2 unspecified atom stereocenters. The molecule has 2 aliphatic heterocycles. The zero-order valence-corrected chi connectivity index (χ0v) is 9.65. The van der Waals surface area contributed by atoms with Crippen molar-refractivity contribution in [2.45, 2.75) is 58.2 Å². The predicted octanol–water partition coefficient (Wildman–Crippen LogP) is 3.00. The summed E-state index contributed by atoms with van der Waals surface area (Å²) in [5, 5.41) is 0. The molecule has 2 fully saturated rings. The zero-order chi connectivity index (χ0) is 10.4. The van der Waals surface area contributed by atoms with Gasteiger partial charge in [0.2, 0.25) is 0 Å². The molecule has 2 heterocycles. The van der Waals surface area contributed by atoms with Crippen LogP contribution in [-0.2, 0) is 0 Å². The molecule has 2 atom stereocenters. The van der Waals surface area contributed by atoms with Crippen LogP contribution in [0.1, 0.15) is 46.5 Å². The Morgan fingerprint density at radius 1 is 1.43 bits per heavy atom. The van der Waals surface area contributed by atoms with Gasteiger partial charge in [0.05, 0.1) is 0 Å². The van der Waals surface area contributed by atoms with Crippen LogP contribution in [0.3, 0.4) is 0 Å². The first kappa shape index (κ1) is 10.4. The lowest BCUT2D eigenvalue weighted by atomic mass is 9.77. The molecule has 0 aromatic heterocycles. The third kappa shape index (κ3) is 1.81. The summed E-state index contributed by atoms with van der Waals surface area (Å²) >= 11 is 0. The van der Waals surface area contributed by atoms with Gasteiger partial charge in [0.1, 0.15) is 6.17 Å². The Morgan fingerprint density at radius 2 is 2.14 bits per heavy atom. The maximum atomic E-state index is 13.4. The summed E-state index contributed by atoms with van der Waals surface area (Å²) in [6, 6.07) is 0. The predicted molar refractivity (Wildman–Crippen MR) is 57.1 cm³/mol. The summed E-state index contributed by atoms with van der Waals surface area (Å²) in [6.45, 7) is 8.62. The molecule has 0 aromatic rings. The first-order chi connectivity index (χ1) is 6.41. The summed E-state index contributed by atoms with van der Waals surface area (Å²) in [6.07, 6.45) is 3.84. The maximum Gasteiger partial charge on any atom is 0.115 e. The van der Waals surface area contributed by atoms with E-state index >= 15 is 0 Å². The van der Waals surface area contributed by atoms with Crippen LogP contribution in [0.2, 0.25) is 0 Å². The van der Waals surface area contributed by atoms with Gasteiger partial charge in [-0.3, -0.25) is 4.90 Å². The van der Waals surface area contributed by atoms with Crippen LogP contribution in [-0.4, -0.2) is 29.7 Å². The minimum absolute atomic E-state index is 0.220. The summed E-state index contributed by atoms with van der Waals surface area (Å²) in [5.41, 5.74) is 0.546. The normalized spacial score (nSPS) is 39.0. The van der Waals surface area contributed by atoms with Gasteiger partial charge < -0.3 is 0 Å². The van der Waals surface area contributed by atoms with Crippen molar-refractivity contribution in [3.63, 3.8) is 0 Å². The minimum atomic E-state index is -0.572. The quantitative estimate of drug-likeness (QED) is 0.627. The van der Waals surface area contributed by atoms with Crippen molar-refractivity contribution in [2.24, 2.45) is 5.41 Å². The number of nitrogens with zero attached hydrogens (tertiary/aromatic N) is 1. The fourth-order valence-electron chi connectivity index (χ4n) is 3.49. The molecule has 82 valence electrons. The van der Waals surface area contributed by atoms with Crippen LogP contribution in [0.25, 0.3) is 0 Å². The standard InChI is InChI=1S/C12H22FN/c1-11(2,3)9-12-5-4-6-14(12)8-10(13)7-12/h10H,4-9H2,1-3H3. The van der Waals surface area contributed by atoms with E-state index in [9.17, 15) is 4.39 Å². The van der Waals surface area contributed by atoms with E-state index in [4.69, 9.17) is 0 Å². The topological polar surface area (TPSA) is 3.24 Å². The monoisotopic (exact) mass is 199 g/mol. The summed E-state index contributed by atoms with van der Waals surface area (Å²) in [7, 11) is 0. The number of rotatable bonds is 1. The van der Waals surface area contributed by atoms with Crippen LogP contribution in [0, 0.1) is 5.41 Å². The third-order valence-electron chi connectivity index (χ3n) is 3.62. The molecule has 0 saturated carbocycles. The van der Waals surface area contributed by atoms with Gasteiger partial charge in [-0.05, 0) is 37.6 Å². The molecule has 0 N–H and O–H groups in total. The lowest BCUT2D eigenvalue weighted by molar-refractivity contribution is 0.129. The first-order valence-electron chi connectivity index (χ1n) is 5.80. The molecule has 1 nitrogen and oxygen atoms in total. The molecule has 2 aliphatic rings. The molecule has 0 bridgehead atoms. The van der Waals surface area contributed by atoms with Crippen molar-refractivity contribution in [1.29, 1.82) is 0 Å². The Bertz CT molecular complexity index is 221. The Balaban J connectivity index is 2.12. The van der Waals surface area contributed by atoms with Crippen LogP contribution in [0.4, 0.5) is 4.39 Å². The Hall–Kier alpha value is -0.110. The van der Waals surface area contributed by atoms with E-state index in [0.717, 1.165) is 19.4 Å². The van der Waals surface area contributed by atoms with Gasteiger partial charge in [-0.1, -0.05) is 20.8 Å². The molecule has 0 aromatic carbocycles. The van der Waals surface area contributed by atoms with E-state index in [1.54, 1.807) is 0 Å². The number of hydrogen-bond acceptors (Lipinski definition) is 1. The van der Waals surface area contributed by atoms with Gasteiger partial charge in [-0.25, -0.2) is 4.39 Å². The molecule has 0 amide bonds. The molecule has 2 heteroatoms. The second-order valence-electron chi connectivity index (χ2n) is 6.31. The SMILES string of the molecule is CC(C)(C)CC12CCCN1CC(F)C2. The van der Waals surface area contributed by atoms with E-state index in [1.807, 2.05) is 0 Å². The second kappa shape index (κ2) is 3.19. The van der Waals surface area contributed by atoms with E-state index in [-0.39, 0.29) is 5.54 Å². The highest BCUT2D eigenvalue weighted by molar-refractivity contribution is 5.05. The molecule has 14 heavy (non-hydrogen) atoms. The van der Waals surface area contributed by atoms with Gasteiger partial charge in [0.25, 0.3) is 0 Å². The fraction of sp³-hybridized carbons (Fsp3) is 1.00. The van der Waals surface area contributed by atoms with E-state index in [1.165, 1.54) is 12.8 Å². The highest BCUT2D eigenvalue weighted by Crippen LogP contribution is 2.46. The van der Waals surface area contributed by atoms with Crippen molar-refractivity contribution in [3.05, 3.63) is 0 Å². The van der Waals surface area contributed by atoms with E-state index < -0.39 is 6.17 Å². The summed E-state index contributed by atoms with van der Waals surface area (Å²) in [5.74, 6) is 0. The number of hydrogen-bond donors (Lipinski definition) is 0. The number of alkyl halides is 1. The van der Waals surface area contributed by atoms with Gasteiger partial charge in [0.15, 0.2) is 0 Å². The number of fused-ring (bicyclic) bond motifs is 1. The minimum Gasteiger partial charge on any atom is -0.295 e. The van der Waals surface area contributed by atoms with Crippen molar-refractivity contribution in [2.75, 3.05) is 13.1 Å². The van der Waals surface area contributed by atoms with E-state index in [2.05, 4.69) is 25.7 Å². The Morgan fingerprint density at radius 3 is 2.79 bits per heavy atom. The lowest BCUT2D eigenvalue weighted by Gasteiger charge is -2.37. The molecular weight excluding hydrogens is 177 g/mol. The van der Waals surface area contributed by atoms with Crippen LogP contribution in [0.5, 0.6) is 0 Å². The summed E-state index contributed by atoms with van der Waals surface area (Å²) < 4.78 is 13.4. The lowest BCUT2D eigenvalue weighted by Crippen LogP contribution is -2.41. The van der Waals surface area contributed by atoms with Crippen LogP contribution in [0.15, 0.2) is 0 Å². The van der Waals surface area contributed by atoms with Crippen molar-refractivity contribution in [1.82, 2.24) is 4.90 Å². The largest absolute Gasteiger partial charge is 0.295 e. The van der Waals surface area contributed by atoms with Gasteiger partial charge >= 0.3 is 0 Å². The fourth-order valence-corrected chi connectivity index (χ4v) is 3.49. The maximum absolute atomic E-state index is 13.4. The molecule has 2 rings (SSSR count). The Labute approximate surface area is 86.7 Å². The average Bonchev–Trinajstić information content (AvgIpc) is 2.38. The average molecular weight is 199 g/mol. The van der Waals surface area contributed by atoms with Gasteiger partial charge in [0, 0.05) is 12.1 Å². The highest BCUT2D eigenvalue weighted by atomic mass is 19.1. The molecule has 0 aliphatic carbocycles. The summed E-state index contributed by atoms with van der Waals surface area (Å²) in [4.78, 5) is 2.41.